The number of methoxy groups -OCH3 is 1. The van der Waals surface area contributed by atoms with Crippen LogP contribution in [-0.4, -0.2) is 173 Å². The van der Waals surface area contributed by atoms with Gasteiger partial charge >= 0.3 is 24.0 Å². The number of ether oxygens (including phenoxy) is 18. The Labute approximate surface area is 678 Å². The Morgan fingerprint density at radius 1 is 0.330 bits per heavy atom. The largest absolute Gasteiger partial charge is 0.467 e. The molecule has 115 heavy (non-hydrogen) atoms. The summed E-state index contributed by atoms with van der Waals surface area (Å²) in [5.41, 5.74) is 4.05. The number of carbonyl (C=O) groups is 4. The number of esters is 3. The molecule has 624 valence electrons. The van der Waals surface area contributed by atoms with Gasteiger partial charge in [0.15, 0.2) is 56.1 Å². The van der Waals surface area contributed by atoms with E-state index in [1.165, 1.54) is 12.0 Å². The minimum atomic E-state index is -1.39. The van der Waals surface area contributed by atoms with Gasteiger partial charge in [-0.1, -0.05) is 234 Å². The van der Waals surface area contributed by atoms with Gasteiger partial charge in [-0.3, -0.25) is 4.90 Å². The van der Waals surface area contributed by atoms with E-state index in [-0.39, 0.29) is 98.7 Å². The zero-order valence-corrected chi connectivity index (χ0v) is 69.0. The van der Waals surface area contributed by atoms with Gasteiger partial charge in [-0.05, 0) is 103 Å². The van der Waals surface area contributed by atoms with Gasteiger partial charge in [0.25, 0.3) is 0 Å². The van der Waals surface area contributed by atoms with Gasteiger partial charge in [-0.2, -0.15) is 0 Å². The van der Waals surface area contributed by atoms with Gasteiger partial charge in [-0.15, -0.1) is 0 Å². The fourth-order valence-electron chi connectivity index (χ4n) is 16.3. The summed E-state index contributed by atoms with van der Waals surface area (Å²) in [6, 6.07) is 56.0. The van der Waals surface area contributed by atoms with Gasteiger partial charge < -0.3 is 85.3 Å². The van der Waals surface area contributed by atoms with Crippen molar-refractivity contribution in [2.24, 2.45) is 65.1 Å². The van der Waals surface area contributed by atoms with Crippen LogP contribution in [0.1, 0.15) is 140 Å². The molecule has 30 atom stereocenters. The number of amides is 1. The summed E-state index contributed by atoms with van der Waals surface area (Å²) in [6.07, 6.45) is -18.9. The van der Waals surface area contributed by atoms with Crippen LogP contribution in [0.2, 0.25) is 0 Å². The number of hydrogen-bond acceptors (Lipinski definition) is 22. The second-order valence-electron chi connectivity index (χ2n) is 32.6. The van der Waals surface area contributed by atoms with Crippen molar-refractivity contribution < 1.29 is 104 Å². The van der Waals surface area contributed by atoms with Crippen LogP contribution in [0.5, 0.6) is 0 Å². The fraction of sp³-hybridized carbons (Fsp3) is 0.565. The third kappa shape index (κ3) is 21.5. The lowest BCUT2D eigenvalue weighted by Crippen LogP contribution is -2.65. The normalized spacial score (nSPS) is 35.5. The van der Waals surface area contributed by atoms with Crippen LogP contribution < -0.4 is 0 Å². The number of nitrogens with zero attached hydrogens (tertiary/aromatic N) is 1. The van der Waals surface area contributed by atoms with E-state index in [1.807, 2.05) is 176 Å². The van der Waals surface area contributed by atoms with E-state index >= 15 is 4.79 Å². The van der Waals surface area contributed by atoms with E-state index < -0.39 is 153 Å². The summed E-state index contributed by atoms with van der Waals surface area (Å²) >= 11 is 0. The minimum Gasteiger partial charge on any atom is -0.467 e. The van der Waals surface area contributed by atoms with E-state index in [1.54, 1.807) is 54.6 Å². The van der Waals surface area contributed by atoms with E-state index in [2.05, 4.69) is 48.5 Å². The molecule has 6 aliphatic heterocycles. The molecule has 6 heterocycles. The lowest BCUT2D eigenvalue weighted by Gasteiger charge is -2.53. The topological polar surface area (TPSA) is 238 Å². The summed E-state index contributed by atoms with van der Waals surface area (Å²) in [6.45, 7) is 28.8. The zero-order valence-electron chi connectivity index (χ0n) is 69.0. The highest BCUT2D eigenvalue weighted by Crippen LogP contribution is 2.46. The highest BCUT2D eigenvalue weighted by atomic mass is 16.8. The van der Waals surface area contributed by atoms with Gasteiger partial charge in [0.05, 0.1) is 87.8 Å². The number of carbonyl (C=O) groups excluding carboxylic acids is 4. The Morgan fingerprint density at radius 2 is 0.774 bits per heavy atom. The first-order valence-electron chi connectivity index (χ1n) is 41.1. The van der Waals surface area contributed by atoms with Crippen LogP contribution in [-0.2, 0) is 116 Å². The average Bonchev–Trinajstić information content (AvgIpc) is 0.759. The van der Waals surface area contributed by atoms with Gasteiger partial charge in [-0.25, -0.2) is 19.2 Å². The smallest absolute Gasteiger partial charge is 0.412 e. The maximum atomic E-state index is 15.0. The molecule has 23 heteroatoms. The quantitative estimate of drug-likeness (QED) is 0.0231. The molecule has 1 amide bonds. The number of rotatable bonds is 30. The lowest BCUT2D eigenvalue weighted by molar-refractivity contribution is -0.395. The maximum Gasteiger partial charge on any atom is 0.412 e. The summed E-state index contributed by atoms with van der Waals surface area (Å²) in [5.74, 6) is -4.26. The average molecular weight is 1590 g/mol. The van der Waals surface area contributed by atoms with Crippen molar-refractivity contribution in [3.05, 3.63) is 215 Å². The van der Waals surface area contributed by atoms with Gasteiger partial charge in [0.1, 0.15) is 37.8 Å². The first-order valence-corrected chi connectivity index (χ1v) is 41.1. The third-order valence-corrected chi connectivity index (χ3v) is 25.2. The summed E-state index contributed by atoms with van der Waals surface area (Å²) in [7, 11) is 1.36. The molecule has 0 bridgehead atoms. The fourth-order valence-corrected chi connectivity index (χ4v) is 16.3. The molecule has 23 nitrogen and oxygen atoms in total. The van der Waals surface area contributed by atoms with Gasteiger partial charge in [0, 0.05) is 29.6 Å². The first kappa shape index (κ1) is 86.8. The van der Waals surface area contributed by atoms with Crippen molar-refractivity contribution in [3.8, 4) is 0 Å². The van der Waals surface area contributed by atoms with Crippen LogP contribution in [0.3, 0.4) is 0 Å². The SMILES string of the molecule is COC(=O)C1O[C@H](OCC2O[C@H](OC3[C@H](O[C@@H]4C(OC(=O)c5ccccc5)[C@H](OCN(Cc5ccccc5)C(=O)OCc5ccccc5)OC(C)[C@@H]4C)OC(C)[C@H](C)[C@@H]3O[C@@H]3OC(COCc4ccccc4)[C@@H](O[C@H]4OC(C)[C@H](C)[C@H](C)C4OCc4ccccc4)[C@H](C)C3OC(=O)c3ccccc3)C(C)[C@@H](C)[C@@H]2C)C(C)[C@@H](C)[C@@H]1C. The zero-order chi connectivity index (χ0) is 81.6. The Hall–Kier alpha value is -7.56. The summed E-state index contributed by atoms with van der Waals surface area (Å²) in [4.78, 5) is 58.9. The predicted octanol–water partition coefficient (Wildman–Crippen LogP) is 15.2. The van der Waals surface area contributed by atoms with Gasteiger partial charge in [0.2, 0.25) is 0 Å². The maximum absolute atomic E-state index is 15.0. The molecule has 0 saturated carbocycles. The molecule has 6 aromatic carbocycles. The lowest BCUT2D eigenvalue weighted by atomic mass is 9.78. The minimum absolute atomic E-state index is 0.00726. The van der Waals surface area contributed by atoms with Crippen LogP contribution in [0.4, 0.5) is 4.79 Å². The van der Waals surface area contributed by atoms with Crippen molar-refractivity contribution >= 4 is 24.0 Å². The molecule has 6 fully saturated rings. The first-order chi connectivity index (χ1) is 55.4. The van der Waals surface area contributed by atoms with Crippen molar-refractivity contribution in [3.63, 3.8) is 0 Å². The molecule has 0 aromatic heterocycles. The van der Waals surface area contributed by atoms with E-state index in [0.29, 0.717) is 12.2 Å². The van der Waals surface area contributed by atoms with Crippen LogP contribution >= 0.6 is 0 Å². The van der Waals surface area contributed by atoms with Crippen molar-refractivity contribution in [2.75, 3.05) is 27.1 Å². The Balaban J connectivity index is 0.924. The molecule has 0 spiro atoms. The number of benzene rings is 6. The molecular formula is C92H119NO22. The summed E-state index contributed by atoms with van der Waals surface area (Å²) < 4.78 is 124. The monoisotopic (exact) mass is 1590 g/mol. The Bertz CT molecular complexity index is 3970. The Morgan fingerprint density at radius 3 is 1.34 bits per heavy atom. The highest BCUT2D eigenvalue weighted by molar-refractivity contribution is 5.90. The third-order valence-electron chi connectivity index (χ3n) is 25.2. The van der Waals surface area contributed by atoms with E-state index in [9.17, 15) is 14.4 Å². The molecule has 12 unspecified atom stereocenters. The Kier molecular flexibility index (Phi) is 30.7. The second kappa shape index (κ2) is 40.7. The molecule has 6 aliphatic rings. The predicted molar refractivity (Wildman–Crippen MR) is 424 cm³/mol. The molecule has 0 N–H and O–H groups in total. The van der Waals surface area contributed by atoms with Crippen LogP contribution in [0, 0.1) is 65.1 Å². The molecule has 0 aliphatic carbocycles. The molecular weight excluding hydrogens is 1470 g/mol. The molecule has 12 rings (SSSR count). The molecule has 6 saturated heterocycles. The number of hydrogen-bond donors (Lipinski definition) is 0. The highest BCUT2D eigenvalue weighted by Gasteiger charge is 2.58. The van der Waals surface area contributed by atoms with Crippen LogP contribution in [0.15, 0.2) is 182 Å². The van der Waals surface area contributed by atoms with Crippen LogP contribution in [0.25, 0.3) is 0 Å². The van der Waals surface area contributed by atoms with Crippen molar-refractivity contribution in [1.29, 1.82) is 0 Å². The second-order valence-corrected chi connectivity index (χ2v) is 32.6. The molecule has 6 aromatic rings. The van der Waals surface area contributed by atoms with E-state index in [0.717, 1.165) is 22.3 Å². The molecule has 0 radical (unpaired) electrons. The summed E-state index contributed by atoms with van der Waals surface area (Å²) in [5, 5.41) is 0. The standard InChI is InChI=1S/C92H119NO22/c1-53-56(4)73(51-101-86-59(7)54(2)57(5)78(114-86)85(96)98-15)107-87(60(53)8)115-82-77(62(10)66(14)106-91(82)113-76-61(9)65(13)104-88(81(76)110-84(95)72-44-32-21-33-45-72)103-52-93(46-67-34-22-16-23-35-67)92(97)102-49-70-40-28-19-29-41-70)112-90-80(109-83(94)71-42-30-20-31-43-71)63(11)75(74(108-90)50-99-47-68-36-24-17-25-37-68)111-89-79(58(6)55(3)64(12)105-89)100-48-69-38-26-18-27-39-69/h16-45,53-66,73-82,86-91H,46-52H2,1-15H3/t53-,54-,55+,56-,57-,58-,59?,60?,61-,62-,63-,64?,65?,66?,73?,74?,75-,76-,77-,78?,79?,80?,81?,82?,86-,87+,88+,89+,90-,91-/m0/s1. The van der Waals surface area contributed by atoms with Crippen molar-refractivity contribution in [2.45, 2.75) is 240 Å². The van der Waals surface area contributed by atoms with E-state index in [4.69, 9.17) is 85.3 Å². The van der Waals surface area contributed by atoms with Crippen molar-refractivity contribution in [1.82, 2.24) is 4.90 Å².